The highest BCUT2D eigenvalue weighted by atomic mass is 16.4. The second-order valence-corrected chi connectivity index (χ2v) is 3.62. The number of unbranched alkanes of at least 4 members (excludes halogenated alkanes) is 5. The maximum atomic E-state index is 10.2. The zero-order valence-electron chi connectivity index (χ0n) is 9.22. The lowest BCUT2D eigenvalue weighted by molar-refractivity contribution is -0.137. The molecule has 0 radical (unpaired) electrons. The lowest BCUT2D eigenvalue weighted by Crippen LogP contribution is -2.13. The second-order valence-electron chi connectivity index (χ2n) is 3.62. The van der Waals surface area contributed by atoms with Crippen LogP contribution in [0.15, 0.2) is 0 Å². The van der Waals surface area contributed by atoms with E-state index in [1.54, 1.807) is 0 Å². The van der Waals surface area contributed by atoms with Crippen LogP contribution in [-0.4, -0.2) is 24.2 Å². The van der Waals surface area contributed by atoms with Gasteiger partial charge in [0.1, 0.15) is 0 Å². The van der Waals surface area contributed by atoms with E-state index in [9.17, 15) is 4.79 Å². The van der Waals surface area contributed by atoms with Gasteiger partial charge in [-0.3, -0.25) is 4.79 Å². The molecular formula is C11H23NO2. The van der Waals surface area contributed by atoms with Crippen molar-refractivity contribution < 1.29 is 9.90 Å². The Kier molecular flexibility index (Phi) is 10.1. The molecule has 0 aromatic heterocycles. The fraction of sp³-hybridized carbons (Fsp3) is 0.909. The van der Waals surface area contributed by atoms with E-state index in [-0.39, 0.29) is 0 Å². The number of carbonyl (C=O) groups is 1. The number of nitrogens with one attached hydrogen (secondary N) is 1. The molecule has 0 atom stereocenters. The lowest BCUT2D eigenvalue weighted by Gasteiger charge is -2.01. The fourth-order valence-electron chi connectivity index (χ4n) is 1.41. The minimum atomic E-state index is -0.669. The summed E-state index contributed by atoms with van der Waals surface area (Å²) < 4.78 is 0. The van der Waals surface area contributed by atoms with Crippen LogP contribution in [0.25, 0.3) is 0 Å². The van der Waals surface area contributed by atoms with Crippen LogP contribution in [0.1, 0.15) is 51.9 Å². The Morgan fingerprint density at radius 2 is 1.64 bits per heavy atom. The normalized spacial score (nSPS) is 10.4. The van der Waals surface area contributed by atoms with E-state index in [2.05, 4.69) is 12.2 Å². The van der Waals surface area contributed by atoms with Gasteiger partial charge in [-0.25, -0.2) is 0 Å². The zero-order chi connectivity index (χ0) is 10.6. The van der Waals surface area contributed by atoms with Crippen LogP contribution in [0.3, 0.4) is 0 Å². The highest BCUT2D eigenvalue weighted by Crippen LogP contribution is 2.06. The smallest absolute Gasteiger partial charge is 0.303 e. The Hall–Kier alpha value is -0.570. The first-order valence-electron chi connectivity index (χ1n) is 5.70. The van der Waals surface area contributed by atoms with Gasteiger partial charge in [0, 0.05) is 6.42 Å². The summed E-state index contributed by atoms with van der Waals surface area (Å²) in [5.74, 6) is -0.669. The van der Waals surface area contributed by atoms with Gasteiger partial charge < -0.3 is 10.4 Å². The number of carboxylic acid groups (broad SMARTS) is 1. The van der Waals surface area contributed by atoms with Crippen molar-refractivity contribution in [3.8, 4) is 0 Å². The zero-order valence-corrected chi connectivity index (χ0v) is 9.22. The van der Waals surface area contributed by atoms with Crippen molar-refractivity contribution in [1.29, 1.82) is 0 Å². The van der Waals surface area contributed by atoms with E-state index in [1.165, 1.54) is 25.7 Å². The average molecular weight is 201 g/mol. The van der Waals surface area contributed by atoms with Crippen molar-refractivity contribution >= 4 is 5.97 Å². The number of hydrogen-bond acceptors (Lipinski definition) is 2. The first-order chi connectivity index (χ1) is 6.77. The third-order valence-corrected chi connectivity index (χ3v) is 2.24. The molecule has 3 nitrogen and oxygen atoms in total. The highest BCUT2D eigenvalue weighted by Gasteiger charge is 1.96. The van der Waals surface area contributed by atoms with Crippen LogP contribution in [-0.2, 0) is 4.79 Å². The van der Waals surface area contributed by atoms with Crippen molar-refractivity contribution in [3.05, 3.63) is 0 Å². The van der Waals surface area contributed by atoms with Crippen LogP contribution >= 0.6 is 0 Å². The molecule has 0 aromatic carbocycles. The summed E-state index contributed by atoms with van der Waals surface area (Å²) in [5, 5.41) is 11.7. The molecule has 84 valence electrons. The van der Waals surface area contributed by atoms with Gasteiger partial charge in [-0.05, 0) is 25.9 Å². The van der Waals surface area contributed by atoms with E-state index in [0.717, 1.165) is 25.9 Å². The van der Waals surface area contributed by atoms with E-state index < -0.39 is 5.97 Å². The largest absolute Gasteiger partial charge is 0.481 e. The van der Waals surface area contributed by atoms with E-state index in [1.807, 2.05) is 0 Å². The predicted molar refractivity (Wildman–Crippen MR) is 58.5 cm³/mol. The lowest BCUT2D eigenvalue weighted by atomic mass is 10.1. The van der Waals surface area contributed by atoms with Crippen LogP contribution in [0, 0.1) is 0 Å². The Labute approximate surface area is 86.9 Å². The molecule has 0 aromatic rings. The maximum Gasteiger partial charge on any atom is 0.303 e. The fourth-order valence-corrected chi connectivity index (χ4v) is 1.41. The molecule has 0 fully saturated rings. The summed E-state index contributed by atoms with van der Waals surface area (Å²) in [6, 6.07) is 0. The van der Waals surface area contributed by atoms with E-state index >= 15 is 0 Å². The van der Waals surface area contributed by atoms with Crippen molar-refractivity contribution in [2.45, 2.75) is 51.9 Å². The van der Waals surface area contributed by atoms with Gasteiger partial charge >= 0.3 is 5.97 Å². The van der Waals surface area contributed by atoms with Crippen molar-refractivity contribution in [3.63, 3.8) is 0 Å². The molecule has 0 bridgehead atoms. The average Bonchev–Trinajstić information content (AvgIpc) is 2.15. The number of carboxylic acids is 1. The third kappa shape index (κ3) is 11.4. The molecular weight excluding hydrogens is 178 g/mol. The molecule has 0 unspecified atom stereocenters. The molecule has 0 spiro atoms. The molecule has 0 saturated heterocycles. The molecule has 2 N–H and O–H groups in total. The van der Waals surface area contributed by atoms with Gasteiger partial charge in [-0.1, -0.05) is 32.6 Å². The SMILES string of the molecule is CCNCCCCCCCCC(=O)O. The first kappa shape index (κ1) is 13.4. The summed E-state index contributed by atoms with van der Waals surface area (Å²) >= 11 is 0. The Balaban J connectivity index is 2.88. The Morgan fingerprint density at radius 3 is 2.21 bits per heavy atom. The van der Waals surface area contributed by atoms with Crippen LogP contribution < -0.4 is 5.32 Å². The molecule has 0 saturated carbocycles. The molecule has 0 heterocycles. The van der Waals surface area contributed by atoms with Crippen LogP contribution in [0.5, 0.6) is 0 Å². The molecule has 14 heavy (non-hydrogen) atoms. The summed E-state index contributed by atoms with van der Waals surface area (Å²) in [7, 11) is 0. The monoisotopic (exact) mass is 201 g/mol. The quantitative estimate of drug-likeness (QED) is 0.534. The molecule has 0 aliphatic carbocycles. The molecule has 0 amide bonds. The maximum absolute atomic E-state index is 10.2. The van der Waals surface area contributed by atoms with Gasteiger partial charge in [0.05, 0.1) is 0 Å². The van der Waals surface area contributed by atoms with Gasteiger partial charge in [-0.15, -0.1) is 0 Å². The minimum absolute atomic E-state index is 0.331. The van der Waals surface area contributed by atoms with Gasteiger partial charge in [0.15, 0.2) is 0 Å². The van der Waals surface area contributed by atoms with E-state index in [4.69, 9.17) is 5.11 Å². The predicted octanol–water partition coefficient (Wildman–Crippen LogP) is 2.41. The van der Waals surface area contributed by atoms with E-state index in [0.29, 0.717) is 6.42 Å². The number of aliphatic carboxylic acids is 1. The molecule has 3 heteroatoms. The first-order valence-corrected chi connectivity index (χ1v) is 5.70. The van der Waals surface area contributed by atoms with Crippen molar-refractivity contribution in [2.24, 2.45) is 0 Å². The molecule has 0 aliphatic heterocycles. The van der Waals surface area contributed by atoms with Gasteiger partial charge in [0.25, 0.3) is 0 Å². The standard InChI is InChI=1S/C11H23NO2/c1-2-12-10-8-6-4-3-5-7-9-11(13)14/h12H,2-10H2,1H3,(H,13,14). The molecule has 0 rings (SSSR count). The Bertz CT molecular complexity index is 137. The van der Waals surface area contributed by atoms with Crippen molar-refractivity contribution in [2.75, 3.05) is 13.1 Å². The number of hydrogen-bond donors (Lipinski definition) is 2. The van der Waals surface area contributed by atoms with Crippen molar-refractivity contribution in [1.82, 2.24) is 5.32 Å². The molecule has 0 aliphatic rings. The summed E-state index contributed by atoms with van der Waals surface area (Å²) in [6.07, 6.45) is 7.16. The van der Waals surface area contributed by atoms with Crippen LogP contribution in [0.2, 0.25) is 0 Å². The van der Waals surface area contributed by atoms with Gasteiger partial charge in [-0.2, -0.15) is 0 Å². The number of rotatable bonds is 10. The second kappa shape index (κ2) is 10.5. The highest BCUT2D eigenvalue weighted by molar-refractivity contribution is 5.66. The van der Waals surface area contributed by atoms with Crippen LogP contribution in [0.4, 0.5) is 0 Å². The topological polar surface area (TPSA) is 49.3 Å². The summed E-state index contributed by atoms with van der Waals surface area (Å²) in [4.78, 5) is 10.2. The van der Waals surface area contributed by atoms with Gasteiger partial charge in [0.2, 0.25) is 0 Å². The minimum Gasteiger partial charge on any atom is -0.481 e. The summed E-state index contributed by atoms with van der Waals surface area (Å²) in [6.45, 7) is 4.29. The third-order valence-electron chi connectivity index (χ3n) is 2.24. The Morgan fingerprint density at radius 1 is 1.07 bits per heavy atom. The summed E-state index contributed by atoms with van der Waals surface area (Å²) in [5.41, 5.74) is 0.